The van der Waals surface area contributed by atoms with Crippen LogP contribution in [0.3, 0.4) is 0 Å². The molecule has 1 amide bonds. The molecule has 1 aromatic heterocycles. The zero-order valence-electron chi connectivity index (χ0n) is 16.2. The first-order valence-electron chi connectivity index (χ1n) is 9.45. The number of hydrogen-bond donors (Lipinski definition) is 1. The van der Waals surface area contributed by atoms with Gasteiger partial charge >= 0.3 is 0 Å². The number of nitrogens with one attached hydrogen (secondary N) is 1. The highest BCUT2D eigenvalue weighted by molar-refractivity contribution is 5.92. The molecule has 1 aromatic carbocycles. The van der Waals surface area contributed by atoms with Crippen molar-refractivity contribution in [3.8, 4) is 5.75 Å². The highest BCUT2D eigenvalue weighted by Crippen LogP contribution is 2.16. The molecular weight excluding hydrogens is 344 g/mol. The SMILES string of the molecule is CC1CN(C(C)CNC(=O)c2occc2COc2ccccc2)CC(C)O1. The Hall–Kier alpha value is -2.31. The molecule has 0 saturated carbocycles. The van der Waals surface area contributed by atoms with Gasteiger partial charge in [-0.05, 0) is 39.0 Å². The molecule has 0 spiro atoms. The van der Waals surface area contributed by atoms with E-state index in [0.717, 1.165) is 24.4 Å². The summed E-state index contributed by atoms with van der Waals surface area (Å²) in [5.74, 6) is 0.851. The minimum atomic E-state index is -0.215. The molecule has 0 radical (unpaired) electrons. The summed E-state index contributed by atoms with van der Waals surface area (Å²) in [5.41, 5.74) is 0.734. The Kier molecular flexibility index (Phi) is 6.53. The van der Waals surface area contributed by atoms with Crippen molar-refractivity contribution in [1.29, 1.82) is 0 Å². The average Bonchev–Trinajstić information content (AvgIpc) is 3.13. The lowest BCUT2D eigenvalue weighted by Gasteiger charge is -2.38. The molecule has 3 unspecified atom stereocenters. The number of hydrogen-bond acceptors (Lipinski definition) is 5. The van der Waals surface area contributed by atoms with Gasteiger partial charge < -0.3 is 19.2 Å². The molecule has 3 atom stereocenters. The summed E-state index contributed by atoms with van der Waals surface area (Å²) in [4.78, 5) is 14.9. The fraction of sp³-hybridized carbons (Fsp3) is 0.476. The van der Waals surface area contributed by atoms with E-state index in [1.165, 1.54) is 6.26 Å². The lowest BCUT2D eigenvalue weighted by Crippen LogP contribution is -2.52. The molecule has 27 heavy (non-hydrogen) atoms. The first-order valence-corrected chi connectivity index (χ1v) is 9.45. The van der Waals surface area contributed by atoms with E-state index >= 15 is 0 Å². The van der Waals surface area contributed by atoms with E-state index in [1.54, 1.807) is 6.07 Å². The number of furan rings is 1. The van der Waals surface area contributed by atoms with Gasteiger partial charge in [-0.25, -0.2) is 0 Å². The third kappa shape index (κ3) is 5.34. The minimum Gasteiger partial charge on any atom is -0.489 e. The van der Waals surface area contributed by atoms with E-state index in [-0.39, 0.29) is 30.8 Å². The Bertz CT molecular complexity index is 721. The predicted molar refractivity (Wildman–Crippen MR) is 103 cm³/mol. The number of rotatable bonds is 7. The maximum absolute atomic E-state index is 12.6. The molecular formula is C21H28N2O4. The fourth-order valence-corrected chi connectivity index (χ4v) is 3.35. The molecule has 1 fully saturated rings. The maximum Gasteiger partial charge on any atom is 0.287 e. The smallest absolute Gasteiger partial charge is 0.287 e. The number of nitrogens with zero attached hydrogens (tertiary/aromatic N) is 1. The van der Waals surface area contributed by atoms with Crippen molar-refractivity contribution in [2.75, 3.05) is 19.6 Å². The summed E-state index contributed by atoms with van der Waals surface area (Å²) in [7, 11) is 0. The van der Waals surface area contributed by atoms with Gasteiger partial charge in [0.15, 0.2) is 5.76 Å². The summed E-state index contributed by atoms with van der Waals surface area (Å²) >= 11 is 0. The Morgan fingerprint density at radius 1 is 1.22 bits per heavy atom. The van der Waals surface area contributed by atoms with Crippen molar-refractivity contribution in [2.45, 2.75) is 45.6 Å². The molecule has 2 aromatic rings. The van der Waals surface area contributed by atoms with Gasteiger partial charge in [0.2, 0.25) is 0 Å². The van der Waals surface area contributed by atoms with Crippen LogP contribution in [-0.2, 0) is 11.3 Å². The van der Waals surface area contributed by atoms with Gasteiger partial charge in [0, 0.05) is 31.2 Å². The first kappa shape index (κ1) is 19.5. The average molecular weight is 372 g/mol. The molecule has 1 aliphatic rings. The summed E-state index contributed by atoms with van der Waals surface area (Å²) in [6.45, 7) is 8.87. The van der Waals surface area contributed by atoms with E-state index in [0.29, 0.717) is 12.3 Å². The molecule has 1 aliphatic heterocycles. The summed E-state index contributed by atoms with van der Waals surface area (Å²) in [5, 5.41) is 2.98. The van der Waals surface area contributed by atoms with Crippen LogP contribution in [0.15, 0.2) is 47.1 Å². The summed E-state index contributed by atoms with van der Waals surface area (Å²) in [6.07, 6.45) is 1.94. The Morgan fingerprint density at radius 2 is 1.93 bits per heavy atom. The van der Waals surface area contributed by atoms with E-state index in [9.17, 15) is 4.79 Å². The van der Waals surface area contributed by atoms with Gasteiger partial charge in [-0.2, -0.15) is 0 Å². The third-order valence-corrected chi connectivity index (χ3v) is 4.72. The van der Waals surface area contributed by atoms with Crippen LogP contribution in [0.2, 0.25) is 0 Å². The van der Waals surface area contributed by atoms with Crippen molar-refractivity contribution in [3.63, 3.8) is 0 Å². The van der Waals surface area contributed by atoms with Crippen LogP contribution < -0.4 is 10.1 Å². The monoisotopic (exact) mass is 372 g/mol. The number of benzene rings is 1. The lowest BCUT2D eigenvalue weighted by atomic mass is 10.1. The Morgan fingerprint density at radius 3 is 2.63 bits per heavy atom. The fourth-order valence-electron chi connectivity index (χ4n) is 3.35. The summed E-state index contributed by atoms with van der Waals surface area (Å²) < 4.78 is 16.9. The molecule has 146 valence electrons. The maximum atomic E-state index is 12.6. The Balaban J connectivity index is 1.52. The molecule has 6 heteroatoms. The van der Waals surface area contributed by atoms with Crippen molar-refractivity contribution < 1.29 is 18.7 Å². The lowest BCUT2D eigenvalue weighted by molar-refractivity contribution is -0.0778. The molecule has 3 rings (SSSR count). The first-order chi connectivity index (χ1) is 13.0. The molecule has 0 bridgehead atoms. The van der Waals surface area contributed by atoms with Crippen LogP contribution in [0.5, 0.6) is 5.75 Å². The normalized spacial score (nSPS) is 21.6. The van der Waals surface area contributed by atoms with Crippen LogP contribution in [0, 0.1) is 0 Å². The van der Waals surface area contributed by atoms with E-state index in [1.807, 2.05) is 30.3 Å². The highest BCUT2D eigenvalue weighted by Gasteiger charge is 2.26. The van der Waals surface area contributed by atoms with Crippen LogP contribution >= 0.6 is 0 Å². The number of morpholine rings is 1. The van der Waals surface area contributed by atoms with Crippen LogP contribution in [0.4, 0.5) is 0 Å². The van der Waals surface area contributed by atoms with E-state index in [4.69, 9.17) is 13.9 Å². The van der Waals surface area contributed by atoms with Crippen molar-refractivity contribution in [3.05, 3.63) is 54.0 Å². The number of para-hydroxylation sites is 1. The van der Waals surface area contributed by atoms with Gasteiger partial charge in [0.1, 0.15) is 12.4 Å². The van der Waals surface area contributed by atoms with E-state index < -0.39 is 0 Å². The summed E-state index contributed by atoms with van der Waals surface area (Å²) in [6, 6.07) is 11.5. The number of amides is 1. The van der Waals surface area contributed by atoms with Crippen LogP contribution in [0.25, 0.3) is 0 Å². The van der Waals surface area contributed by atoms with Crippen molar-refractivity contribution in [2.24, 2.45) is 0 Å². The predicted octanol–water partition coefficient (Wildman–Crippen LogP) is 3.09. The largest absolute Gasteiger partial charge is 0.489 e. The molecule has 2 heterocycles. The molecule has 0 aliphatic carbocycles. The third-order valence-electron chi connectivity index (χ3n) is 4.72. The standard InChI is InChI=1S/C21H28N2O4/c1-15(23-12-16(2)27-17(3)13-23)11-22-21(24)20-18(9-10-25-20)14-26-19-7-5-4-6-8-19/h4-10,15-17H,11-14H2,1-3H3,(H,22,24). The quantitative estimate of drug-likeness (QED) is 0.809. The van der Waals surface area contributed by atoms with Gasteiger partial charge in [-0.3, -0.25) is 9.69 Å². The Labute approximate surface area is 160 Å². The molecule has 1 N–H and O–H groups in total. The minimum absolute atomic E-state index is 0.207. The second-order valence-electron chi connectivity index (χ2n) is 7.15. The number of ether oxygens (including phenoxy) is 2. The number of carbonyl (C=O) groups excluding carboxylic acids is 1. The highest BCUT2D eigenvalue weighted by atomic mass is 16.5. The van der Waals surface area contributed by atoms with Gasteiger partial charge in [0.05, 0.1) is 18.5 Å². The van der Waals surface area contributed by atoms with E-state index in [2.05, 4.69) is 31.0 Å². The number of carbonyl (C=O) groups is 1. The van der Waals surface area contributed by atoms with Gasteiger partial charge in [0.25, 0.3) is 5.91 Å². The molecule has 6 nitrogen and oxygen atoms in total. The second kappa shape index (κ2) is 9.06. The van der Waals surface area contributed by atoms with Crippen molar-refractivity contribution >= 4 is 5.91 Å². The molecule has 1 saturated heterocycles. The zero-order chi connectivity index (χ0) is 19.2. The second-order valence-corrected chi connectivity index (χ2v) is 7.15. The van der Waals surface area contributed by atoms with Gasteiger partial charge in [-0.15, -0.1) is 0 Å². The van der Waals surface area contributed by atoms with Crippen LogP contribution in [0.1, 0.15) is 36.9 Å². The zero-order valence-corrected chi connectivity index (χ0v) is 16.2. The van der Waals surface area contributed by atoms with Gasteiger partial charge in [-0.1, -0.05) is 18.2 Å². The van der Waals surface area contributed by atoms with Crippen molar-refractivity contribution in [1.82, 2.24) is 10.2 Å². The van der Waals surface area contributed by atoms with Crippen LogP contribution in [-0.4, -0.2) is 48.7 Å². The topological polar surface area (TPSA) is 63.9 Å².